The van der Waals surface area contributed by atoms with Gasteiger partial charge in [-0.1, -0.05) is 26.8 Å². The smallest absolute Gasteiger partial charge is 0.191 e. The van der Waals surface area contributed by atoms with Crippen LogP contribution in [0.4, 0.5) is 0 Å². The van der Waals surface area contributed by atoms with Crippen LogP contribution in [-0.4, -0.2) is 40.7 Å². The molecule has 0 saturated heterocycles. The van der Waals surface area contributed by atoms with E-state index in [0.29, 0.717) is 0 Å². The predicted octanol–water partition coefficient (Wildman–Crippen LogP) is 5.24. The maximum atomic E-state index is 12.7. The topological polar surface area (TPSA) is 44.8 Å². The zero-order valence-electron chi connectivity index (χ0n) is 17.2. The van der Waals surface area contributed by atoms with Crippen molar-refractivity contribution in [1.29, 1.82) is 0 Å². The molecule has 0 N–H and O–H groups in total. The van der Waals surface area contributed by atoms with Gasteiger partial charge < -0.3 is 13.9 Å². The van der Waals surface area contributed by atoms with E-state index in [-0.39, 0.29) is 23.7 Å². The number of ether oxygens (including phenoxy) is 2. The van der Waals surface area contributed by atoms with E-state index in [4.69, 9.17) is 13.9 Å². The maximum absolute atomic E-state index is 12.7. The molecule has 1 unspecified atom stereocenters. The van der Waals surface area contributed by atoms with E-state index >= 15 is 0 Å². The van der Waals surface area contributed by atoms with Gasteiger partial charge in [0, 0.05) is 13.7 Å². The molecule has 1 rings (SSSR count). The highest BCUT2D eigenvalue weighted by molar-refractivity contribution is 6.74. The molecule has 0 amide bonds. The Morgan fingerprint density at radius 2 is 1.96 bits per heavy atom. The van der Waals surface area contributed by atoms with Crippen LogP contribution in [0.5, 0.6) is 0 Å². The van der Waals surface area contributed by atoms with E-state index in [9.17, 15) is 4.79 Å². The minimum absolute atomic E-state index is 0.155. The third-order valence-electron chi connectivity index (χ3n) is 5.42. The molecule has 1 atom stereocenters. The Labute approximate surface area is 155 Å². The van der Waals surface area contributed by atoms with E-state index in [1.807, 2.05) is 0 Å². The first-order valence-corrected chi connectivity index (χ1v) is 12.6. The minimum atomic E-state index is -1.68. The van der Waals surface area contributed by atoms with Crippen molar-refractivity contribution in [1.82, 2.24) is 0 Å². The van der Waals surface area contributed by atoms with E-state index in [2.05, 4.69) is 39.9 Å². The molecule has 0 saturated carbocycles. The molecule has 0 aromatic heterocycles. The molecule has 0 spiro atoms. The molecule has 0 aromatic carbocycles. The number of rotatable bonds is 11. The van der Waals surface area contributed by atoms with Crippen molar-refractivity contribution in [2.24, 2.45) is 0 Å². The van der Waals surface area contributed by atoms with Crippen LogP contribution in [0.2, 0.25) is 18.1 Å². The normalized spacial score (nSPS) is 17.3. The van der Waals surface area contributed by atoms with Gasteiger partial charge >= 0.3 is 0 Å². The maximum Gasteiger partial charge on any atom is 0.191 e. The summed E-state index contributed by atoms with van der Waals surface area (Å²) in [6, 6.07) is 0. The molecule has 0 aliphatic heterocycles. The van der Waals surface area contributed by atoms with Gasteiger partial charge in [-0.15, -0.1) is 0 Å². The van der Waals surface area contributed by atoms with Crippen molar-refractivity contribution in [3.8, 4) is 0 Å². The largest absolute Gasteiger partial charge is 0.417 e. The molecule has 0 radical (unpaired) electrons. The van der Waals surface area contributed by atoms with Gasteiger partial charge in [0.25, 0.3) is 0 Å². The second-order valence-corrected chi connectivity index (χ2v) is 13.3. The first-order chi connectivity index (χ1) is 11.7. The Kier molecular flexibility index (Phi) is 9.57. The summed E-state index contributed by atoms with van der Waals surface area (Å²) in [5, 5.41) is 0.237. The second kappa shape index (κ2) is 10.6. The van der Waals surface area contributed by atoms with Gasteiger partial charge in [0.05, 0.1) is 0 Å². The molecule has 0 aromatic rings. The molecule has 1 aliphatic rings. The summed E-state index contributed by atoms with van der Waals surface area (Å²) in [6.07, 6.45) is 8.54. The first-order valence-electron chi connectivity index (χ1n) is 9.67. The molecule has 0 fully saturated rings. The molecule has 0 heterocycles. The highest BCUT2D eigenvalue weighted by Crippen LogP contribution is 2.36. The molecular weight excluding hydrogens is 332 g/mol. The molecule has 25 heavy (non-hydrogen) atoms. The number of carbonyl (C=O) groups is 1. The molecule has 1 aliphatic carbocycles. The number of carbonyl (C=O) groups excluding carboxylic acids is 1. The van der Waals surface area contributed by atoms with Crippen LogP contribution < -0.4 is 0 Å². The number of unbranched alkanes of at least 4 members (excludes halogenated alkanes) is 1. The van der Waals surface area contributed by atoms with Crippen LogP contribution in [0.15, 0.2) is 11.6 Å². The number of Topliss-reactive ketones (excluding diaryl/α,β-unsaturated/α-hetero) is 1. The average Bonchev–Trinajstić information content (AvgIpc) is 2.56. The van der Waals surface area contributed by atoms with Crippen molar-refractivity contribution in [2.75, 3.05) is 20.5 Å². The average molecular weight is 371 g/mol. The van der Waals surface area contributed by atoms with Crippen molar-refractivity contribution >= 4 is 14.1 Å². The summed E-state index contributed by atoms with van der Waals surface area (Å²) in [5.41, 5.74) is 0.949. The van der Waals surface area contributed by atoms with Crippen molar-refractivity contribution < 1.29 is 18.7 Å². The van der Waals surface area contributed by atoms with Gasteiger partial charge in [-0.2, -0.15) is 0 Å². The fourth-order valence-electron chi connectivity index (χ4n) is 2.68. The lowest BCUT2D eigenvalue weighted by Crippen LogP contribution is -2.41. The third kappa shape index (κ3) is 7.73. The Balaban J connectivity index is 2.43. The Morgan fingerprint density at radius 1 is 1.24 bits per heavy atom. The summed E-state index contributed by atoms with van der Waals surface area (Å²) in [4.78, 5) is 12.7. The van der Waals surface area contributed by atoms with Gasteiger partial charge in [-0.05, 0) is 68.7 Å². The van der Waals surface area contributed by atoms with Gasteiger partial charge in [0.2, 0.25) is 0 Å². The number of hydrogen-bond acceptors (Lipinski definition) is 4. The van der Waals surface area contributed by atoms with Crippen LogP contribution in [-0.2, 0) is 18.7 Å². The fourth-order valence-corrected chi connectivity index (χ4v) is 3.77. The predicted molar refractivity (Wildman–Crippen MR) is 105 cm³/mol. The lowest BCUT2D eigenvalue weighted by molar-refractivity contribution is -0.136. The molecular formula is C20H38O4Si. The zero-order valence-corrected chi connectivity index (χ0v) is 18.2. The van der Waals surface area contributed by atoms with Crippen molar-refractivity contribution in [2.45, 2.75) is 90.0 Å². The van der Waals surface area contributed by atoms with Gasteiger partial charge in [0.15, 0.2) is 14.1 Å². The lowest BCUT2D eigenvalue weighted by atomic mass is 9.92. The van der Waals surface area contributed by atoms with E-state index in [1.165, 1.54) is 6.42 Å². The van der Waals surface area contributed by atoms with Crippen molar-refractivity contribution in [3.05, 3.63) is 11.6 Å². The van der Waals surface area contributed by atoms with Crippen LogP contribution in [0.25, 0.3) is 0 Å². The van der Waals surface area contributed by atoms with Crippen LogP contribution >= 0.6 is 0 Å². The fraction of sp³-hybridized carbons (Fsp3) is 0.850. The summed E-state index contributed by atoms with van der Waals surface area (Å²) in [6.45, 7) is 12.3. The number of methoxy groups -OCH3 is 1. The van der Waals surface area contributed by atoms with E-state index in [0.717, 1.165) is 50.7 Å². The zero-order chi connectivity index (χ0) is 18.9. The van der Waals surface area contributed by atoms with Gasteiger partial charge in [-0.3, -0.25) is 4.79 Å². The highest BCUT2D eigenvalue weighted by Gasteiger charge is 2.36. The van der Waals surface area contributed by atoms with Crippen LogP contribution in [0, 0.1) is 0 Å². The Hall–Kier alpha value is -0.493. The molecule has 0 bridgehead atoms. The van der Waals surface area contributed by atoms with Crippen LogP contribution in [0.3, 0.4) is 0 Å². The van der Waals surface area contributed by atoms with E-state index < -0.39 is 8.32 Å². The first kappa shape index (κ1) is 22.5. The van der Waals surface area contributed by atoms with Gasteiger partial charge in [0.1, 0.15) is 12.9 Å². The summed E-state index contributed by atoms with van der Waals surface area (Å²) >= 11 is 0. The SMILES string of the molecule is COCOC(CCCCO[Si](C)(C)C(C)(C)C)C(=O)C1=CCCCC1. The molecule has 146 valence electrons. The van der Waals surface area contributed by atoms with E-state index in [1.54, 1.807) is 7.11 Å². The highest BCUT2D eigenvalue weighted by atomic mass is 28.4. The quantitative estimate of drug-likeness (QED) is 0.283. The van der Waals surface area contributed by atoms with Crippen LogP contribution in [0.1, 0.15) is 65.7 Å². The summed E-state index contributed by atoms with van der Waals surface area (Å²) in [5.74, 6) is 0.155. The minimum Gasteiger partial charge on any atom is -0.417 e. The van der Waals surface area contributed by atoms with Gasteiger partial charge in [-0.25, -0.2) is 0 Å². The molecule has 4 nitrogen and oxygen atoms in total. The monoisotopic (exact) mass is 370 g/mol. The number of hydrogen-bond donors (Lipinski definition) is 0. The summed E-state index contributed by atoms with van der Waals surface area (Å²) < 4.78 is 16.9. The Bertz CT molecular complexity index is 437. The number of allylic oxidation sites excluding steroid dienone is 1. The third-order valence-corrected chi connectivity index (χ3v) is 9.95. The van der Waals surface area contributed by atoms with Crippen molar-refractivity contribution in [3.63, 3.8) is 0 Å². The Morgan fingerprint density at radius 3 is 2.52 bits per heavy atom. The summed E-state index contributed by atoms with van der Waals surface area (Å²) in [7, 11) is -0.0872. The second-order valence-electron chi connectivity index (χ2n) is 8.51. The lowest BCUT2D eigenvalue weighted by Gasteiger charge is -2.36. The number of ketones is 1. The standard InChI is InChI=1S/C20H38O4Si/c1-20(2,3)25(5,6)24-15-11-10-14-18(23-16-22-4)19(21)17-12-8-7-9-13-17/h12,18H,7-11,13-16H2,1-6H3. The molecule has 5 heteroatoms.